The molecule has 1 aromatic carbocycles. The Morgan fingerprint density at radius 2 is 2.00 bits per heavy atom. The number of nitrogens with two attached hydrogens (primary N) is 1. The van der Waals surface area contributed by atoms with Crippen LogP contribution in [0.15, 0.2) is 12.1 Å². The lowest BCUT2D eigenvalue weighted by molar-refractivity contribution is -0.169. The molecular weight excluding hydrogens is 354 g/mol. The van der Waals surface area contributed by atoms with Crippen molar-refractivity contribution in [2.75, 3.05) is 6.61 Å². The van der Waals surface area contributed by atoms with Crippen LogP contribution in [0, 0.1) is 11.8 Å². The molecule has 3 aliphatic carbocycles. The van der Waals surface area contributed by atoms with Crippen LogP contribution in [0.2, 0.25) is 0 Å². The Labute approximate surface area is 166 Å². The predicted octanol–water partition coefficient (Wildman–Crippen LogP) is 3.19. The third-order valence-corrected chi connectivity index (χ3v) is 8.40. The van der Waals surface area contributed by atoms with Gasteiger partial charge in [0.15, 0.2) is 0 Å². The average Bonchev–Trinajstić information content (AvgIpc) is 3.16. The molecule has 1 aliphatic heterocycles. The van der Waals surface area contributed by atoms with Gasteiger partial charge in [0.1, 0.15) is 5.75 Å². The number of aromatic hydroxyl groups is 1. The summed E-state index contributed by atoms with van der Waals surface area (Å²) in [7, 11) is 0. The minimum atomic E-state index is -0.812. The minimum absolute atomic E-state index is 0.0151. The molecule has 1 saturated heterocycles. The van der Waals surface area contributed by atoms with E-state index in [0.717, 1.165) is 81.9 Å². The quantitative estimate of drug-likeness (QED) is 0.745. The SMILES string of the molecule is NC(=O)c1ccc2c(c1O)C13CCCC[C@@]1(O)[C@@H](C2)C(CC1CCCO1)CC3. The molecule has 5 nitrogen and oxygen atoms in total. The fourth-order valence-corrected chi connectivity index (χ4v) is 7.21. The van der Waals surface area contributed by atoms with Crippen molar-refractivity contribution in [3.63, 3.8) is 0 Å². The summed E-state index contributed by atoms with van der Waals surface area (Å²) in [5, 5.41) is 23.2. The molecule has 28 heavy (non-hydrogen) atoms. The number of fused-ring (bicyclic) bond motifs is 1. The number of primary amides is 1. The van der Waals surface area contributed by atoms with Crippen molar-refractivity contribution in [1.29, 1.82) is 0 Å². The van der Waals surface area contributed by atoms with Gasteiger partial charge in [0.2, 0.25) is 0 Å². The summed E-state index contributed by atoms with van der Waals surface area (Å²) >= 11 is 0. The summed E-state index contributed by atoms with van der Waals surface area (Å²) in [6.07, 6.45) is 10.0. The van der Waals surface area contributed by atoms with Gasteiger partial charge >= 0.3 is 0 Å². The molecule has 0 aromatic heterocycles. The molecule has 4 aliphatic rings. The second kappa shape index (κ2) is 6.46. The molecule has 5 heteroatoms. The molecule has 2 bridgehead atoms. The zero-order chi connectivity index (χ0) is 19.5. The number of hydrogen-bond acceptors (Lipinski definition) is 4. The number of phenols is 1. The second-order valence-corrected chi connectivity index (χ2v) is 9.55. The van der Waals surface area contributed by atoms with Crippen molar-refractivity contribution in [2.45, 2.75) is 81.3 Å². The van der Waals surface area contributed by atoms with E-state index >= 15 is 0 Å². The Morgan fingerprint density at radius 3 is 2.75 bits per heavy atom. The third-order valence-electron chi connectivity index (χ3n) is 8.40. The fraction of sp³-hybridized carbons (Fsp3) is 0.696. The summed E-state index contributed by atoms with van der Waals surface area (Å²) in [4.78, 5) is 11.8. The molecule has 152 valence electrons. The number of benzene rings is 1. The van der Waals surface area contributed by atoms with Crippen molar-refractivity contribution in [2.24, 2.45) is 17.6 Å². The van der Waals surface area contributed by atoms with Crippen LogP contribution >= 0.6 is 0 Å². The summed E-state index contributed by atoms with van der Waals surface area (Å²) in [6.45, 7) is 0.864. The van der Waals surface area contributed by atoms with E-state index in [1.165, 1.54) is 0 Å². The molecule has 3 fully saturated rings. The van der Waals surface area contributed by atoms with E-state index < -0.39 is 16.9 Å². The number of hydrogen-bond donors (Lipinski definition) is 3. The summed E-state index contributed by atoms with van der Waals surface area (Å²) in [5.74, 6) is 0.0501. The lowest BCUT2D eigenvalue weighted by Crippen LogP contribution is -2.65. The van der Waals surface area contributed by atoms with Crippen LogP contribution in [0.5, 0.6) is 5.75 Å². The van der Waals surface area contributed by atoms with Crippen LogP contribution in [-0.2, 0) is 16.6 Å². The fourth-order valence-electron chi connectivity index (χ4n) is 7.21. The van der Waals surface area contributed by atoms with Crippen molar-refractivity contribution in [3.05, 3.63) is 28.8 Å². The monoisotopic (exact) mass is 385 g/mol. The molecule has 5 atom stereocenters. The standard InChI is InChI=1S/C23H31NO4/c24-21(26)17-6-5-15-13-18-14(12-16-4-3-11-28-16)7-10-22(19(15)20(17)25)8-1-2-9-23(18,22)27/h5-6,14,16,18,25,27H,1-4,7-13H2,(H2,24,26)/t14?,16?,18-,22?,23+/m0/s1. The number of carbonyl (C=O) groups is 1. The maximum absolute atomic E-state index is 12.1. The van der Waals surface area contributed by atoms with E-state index in [4.69, 9.17) is 10.5 Å². The van der Waals surface area contributed by atoms with Gasteiger partial charge in [-0.2, -0.15) is 0 Å². The highest BCUT2D eigenvalue weighted by Crippen LogP contribution is 2.64. The summed E-state index contributed by atoms with van der Waals surface area (Å²) in [5.41, 5.74) is 6.34. The van der Waals surface area contributed by atoms with Gasteiger partial charge in [-0.05, 0) is 74.8 Å². The van der Waals surface area contributed by atoms with Crippen molar-refractivity contribution >= 4 is 5.91 Å². The molecule has 2 saturated carbocycles. The first kappa shape index (κ1) is 18.4. The predicted molar refractivity (Wildman–Crippen MR) is 105 cm³/mol. The van der Waals surface area contributed by atoms with Gasteiger partial charge in [0.05, 0.1) is 17.3 Å². The third kappa shape index (κ3) is 2.42. The summed E-state index contributed by atoms with van der Waals surface area (Å²) in [6, 6.07) is 3.62. The molecule has 1 aromatic rings. The van der Waals surface area contributed by atoms with Gasteiger partial charge in [-0.15, -0.1) is 0 Å². The molecule has 3 unspecified atom stereocenters. The topological polar surface area (TPSA) is 92.8 Å². The van der Waals surface area contributed by atoms with E-state index in [1.54, 1.807) is 6.07 Å². The minimum Gasteiger partial charge on any atom is -0.507 e. The highest BCUT2D eigenvalue weighted by molar-refractivity contribution is 5.96. The van der Waals surface area contributed by atoms with Crippen molar-refractivity contribution in [3.8, 4) is 5.75 Å². The Bertz CT molecular complexity index is 802. The Morgan fingerprint density at radius 1 is 1.18 bits per heavy atom. The van der Waals surface area contributed by atoms with Crippen LogP contribution in [0.1, 0.15) is 79.3 Å². The lowest BCUT2D eigenvalue weighted by Gasteiger charge is -2.63. The average molecular weight is 386 g/mol. The molecular formula is C23H31NO4. The Kier molecular flexibility index (Phi) is 4.25. The number of amides is 1. The molecule has 5 rings (SSSR count). The summed E-state index contributed by atoms with van der Waals surface area (Å²) < 4.78 is 5.92. The smallest absolute Gasteiger partial charge is 0.252 e. The molecule has 4 N–H and O–H groups in total. The van der Waals surface area contributed by atoms with Crippen LogP contribution in [0.3, 0.4) is 0 Å². The number of rotatable bonds is 3. The Hall–Kier alpha value is -1.59. The first-order valence-electron chi connectivity index (χ1n) is 11.0. The van der Waals surface area contributed by atoms with Gasteiger partial charge in [-0.25, -0.2) is 0 Å². The molecule has 0 spiro atoms. The lowest BCUT2D eigenvalue weighted by atomic mass is 9.43. The number of aliphatic hydroxyl groups is 1. The maximum Gasteiger partial charge on any atom is 0.252 e. The van der Waals surface area contributed by atoms with Crippen LogP contribution in [0.25, 0.3) is 0 Å². The molecule has 1 amide bonds. The Balaban J connectivity index is 1.61. The van der Waals surface area contributed by atoms with E-state index in [-0.39, 0.29) is 17.2 Å². The zero-order valence-corrected chi connectivity index (χ0v) is 16.5. The first-order chi connectivity index (χ1) is 13.5. The normalized spacial score (nSPS) is 39.2. The maximum atomic E-state index is 12.1. The molecule has 0 radical (unpaired) electrons. The second-order valence-electron chi connectivity index (χ2n) is 9.55. The highest BCUT2D eigenvalue weighted by Gasteiger charge is 2.64. The van der Waals surface area contributed by atoms with E-state index in [2.05, 4.69) is 0 Å². The van der Waals surface area contributed by atoms with Crippen LogP contribution in [-0.4, -0.2) is 34.4 Å². The van der Waals surface area contributed by atoms with E-state index in [0.29, 0.717) is 12.0 Å². The zero-order valence-electron chi connectivity index (χ0n) is 16.5. The van der Waals surface area contributed by atoms with Gasteiger partial charge in [0.25, 0.3) is 5.91 Å². The van der Waals surface area contributed by atoms with Gasteiger partial charge in [0, 0.05) is 17.6 Å². The van der Waals surface area contributed by atoms with E-state index in [1.807, 2.05) is 6.07 Å². The van der Waals surface area contributed by atoms with Crippen LogP contribution in [0.4, 0.5) is 0 Å². The van der Waals surface area contributed by atoms with Crippen LogP contribution < -0.4 is 5.73 Å². The number of ether oxygens (including phenoxy) is 1. The largest absolute Gasteiger partial charge is 0.507 e. The van der Waals surface area contributed by atoms with Gasteiger partial charge in [-0.1, -0.05) is 18.9 Å². The first-order valence-corrected chi connectivity index (χ1v) is 11.0. The van der Waals surface area contributed by atoms with Gasteiger partial charge in [-0.3, -0.25) is 4.79 Å². The highest BCUT2D eigenvalue weighted by atomic mass is 16.5. The van der Waals surface area contributed by atoms with Gasteiger partial charge < -0.3 is 20.7 Å². The number of carbonyl (C=O) groups excluding carboxylic acids is 1. The van der Waals surface area contributed by atoms with Crippen molar-refractivity contribution in [1.82, 2.24) is 0 Å². The van der Waals surface area contributed by atoms with Crippen molar-refractivity contribution < 1.29 is 19.7 Å². The van der Waals surface area contributed by atoms with E-state index in [9.17, 15) is 15.0 Å². The molecule has 1 heterocycles.